The van der Waals surface area contributed by atoms with Crippen molar-refractivity contribution in [2.45, 2.75) is 25.1 Å². The number of rotatable bonds is 3. The number of hydrogen-bond acceptors (Lipinski definition) is 3. The number of aliphatic hydroxyl groups excluding tert-OH is 1. The van der Waals surface area contributed by atoms with Crippen molar-refractivity contribution >= 4 is 11.0 Å². The van der Waals surface area contributed by atoms with Gasteiger partial charge in [-0.1, -0.05) is 18.2 Å². The fourth-order valence-corrected chi connectivity index (χ4v) is 3.60. The highest BCUT2D eigenvalue weighted by Gasteiger charge is 2.31. The Balaban J connectivity index is 1.59. The number of benzene rings is 2. The van der Waals surface area contributed by atoms with Gasteiger partial charge in [0, 0.05) is 26.2 Å². The molecule has 24 heavy (non-hydrogen) atoms. The average molecular weight is 325 g/mol. The van der Waals surface area contributed by atoms with E-state index in [1.54, 1.807) is 0 Å². The Hall–Kier alpha value is -2.24. The molecule has 0 spiro atoms. The second kappa shape index (κ2) is 6.00. The highest BCUT2D eigenvalue weighted by Crippen LogP contribution is 2.33. The molecule has 2 atom stereocenters. The van der Waals surface area contributed by atoms with Gasteiger partial charge in [0.2, 0.25) is 0 Å². The number of hydrogen-bond donors (Lipinski definition) is 1. The second-order valence-corrected chi connectivity index (χ2v) is 6.56. The number of likely N-dealkylation sites (tertiary alicyclic amines) is 1. The summed E-state index contributed by atoms with van der Waals surface area (Å²) >= 11 is 0. The molecule has 4 rings (SSSR count). The number of aromatic nitrogens is 2. The van der Waals surface area contributed by atoms with Crippen LogP contribution in [-0.4, -0.2) is 32.2 Å². The number of β-amino-alcohol motifs (C(OH)–C–C–N with tert-alkyl or cyclic N) is 1. The molecular weight excluding hydrogens is 305 g/mol. The molecule has 1 aliphatic rings. The third-order valence-electron chi connectivity index (χ3n) is 4.81. The smallest absolute Gasteiger partial charge is 0.123 e. The first-order chi connectivity index (χ1) is 11.6. The van der Waals surface area contributed by atoms with Gasteiger partial charge in [-0.15, -0.1) is 0 Å². The van der Waals surface area contributed by atoms with E-state index in [2.05, 4.69) is 28.1 Å². The zero-order chi connectivity index (χ0) is 16.7. The van der Waals surface area contributed by atoms with Gasteiger partial charge in [0.1, 0.15) is 5.82 Å². The van der Waals surface area contributed by atoms with Crippen molar-refractivity contribution in [3.63, 3.8) is 0 Å². The maximum Gasteiger partial charge on any atom is 0.123 e. The van der Waals surface area contributed by atoms with Crippen molar-refractivity contribution < 1.29 is 9.50 Å². The van der Waals surface area contributed by atoms with E-state index < -0.39 is 0 Å². The number of aryl methyl sites for hydroxylation is 1. The molecule has 0 saturated carbocycles. The highest BCUT2D eigenvalue weighted by atomic mass is 19.1. The van der Waals surface area contributed by atoms with Crippen molar-refractivity contribution in [2.75, 3.05) is 6.54 Å². The molecule has 5 heteroatoms. The summed E-state index contributed by atoms with van der Waals surface area (Å²) in [6.45, 7) is 1.37. The third kappa shape index (κ3) is 2.81. The molecule has 4 nitrogen and oxygen atoms in total. The van der Waals surface area contributed by atoms with Gasteiger partial charge in [0.25, 0.3) is 0 Å². The molecule has 1 saturated heterocycles. The van der Waals surface area contributed by atoms with E-state index >= 15 is 0 Å². The van der Waals surface area contributed by atoms with Crippen LogP contribution in [0, 0.1) is 5.82 Å². The number of fused-ring (bicyclic) bond motifs is 1. The predicted octanol–water partition coefficient (Wildman–Crippen LogP) is 3.02. The van der Waals surface area contributed by atoms with E-state index in [1.807, 2.05) is 30.1 Å². The summed E-state index contributed by atoms with van der Waals surface area (Å²) in [4.78, 5) is 6.66. The minimum atomic E-state index is -0.348. The summed E-state index contributed by atoms with van der Waals surface area (Å²) in [6, 6.07) is 13.0. The Morgan fingerprint density at radius 1 is 1.21 bits per heavy atom. The lowest BCUT2D eigenvalue weighted by Crippen LogP contribution is -2.24. The third-order valence-corrected chi connectivity index (χ3v) is 4.81. The lowest BCUT2D eigenvalue weighted by atomic mass is 10.0. The molecule has 0 bridgehead atoms. The molecule has 0 aliphatic carbocycles. The molecule has 1 fully saturated rings. The van der Waals surface area contributed by atoms with Crippen molar-refractivity contribution in [3.05, 3.63) is 65.7 Å². The molecule has 124 valence electrons. The molecule has 0 amide bonds. The van der Waals surface area contributed by atoms with E-state index in [9.17, 15) is 9.50 Å². The maximum absolute atomic E-state index is 13.2. The first-order valence-corrected chi connectivity index (χ1v) is 8.18. The summed E-state index contributed by atoms with van der Waals surface area (Å²) in [5.41, 5.74) is 4.30. The monoisotopic (exact) mass is 325 g/mol. The van der Waals surface area contributed by atoms with Crippen LogP contribution in [-0.2, 0) is 13.6 Å². The fraction of sp³-hybridized carbons (Fsp3) is 0.316. The van der Waals surface area contributed by atoms with Crippen LogP contribution in [0.25, 0.3) is 11.0 Å². The van der Waals surface area contributed by atoms with E-state index in [0.29, 0.717) is 13.0 Å². The van der Waals surface area contributed by atoms with E-state index in [4.69, 9.17) is 0 Å². The maximum atomic E-state index is 13.2. The Morgan fingerprint density at radius 3 is 2.79 bits per heavy atom. The van der Waals surface area contributed by atoms with E-state index in [1.165, 1.54) is 17.7 Å². The van der Waals surface area contributed by atoms with Crippen LogP contribution >= 0.6 is 0 Å². The van der Waals surface area contributed by atoms with Crippen molar-refractivity contribution in [1.29, 1.82) is 0 Å². The molecular formula is C19H20FN3O. The normalized spacial score (nSPS) is 21.6. The minimum absolute atomic E-state index is 0.111. The Labute approximate surface area is 140 Å². The van der Waals surface area contributed by atoms with Gasteiger partial charge in [-0.3, -0.25) is 4.90 Å². The average Bonchev–Trinajstić information content (AvgIpc) is 3.11. The molecule has 2 unspecified atom stereocenters. The molecule has 1 aromatic heterocycles. The van der Waals surface area contributed by atoms with Crippen molar-refractivity contribution in [3.8, 4) is 0 Å². The molecule has 3 aromatic rings. The Kier molecular flexibility index (Phi) is 3.82. The molecule has 0 radical (unpaired) electrons. The molecule has 2 heterocycles. The lowest BCUT2D eigenvalue weighted by Gasteiger charge is -2.24. The molecule has 1 aliphatic heterocycles. The summed E-state index contributed by atoms with van der Waals surface area (Å²) in [7, 11) is 1.98. The predicted molar refractivity (Wildman–Crippen MR) is 90.9 cm³/mol. The fourth-order valence-electron chi connectivity index (χ4n) is 3.60. The minimum Gasteiger partial charge on any atom is -0.392 e. The topological polar surface area (TPSA) is 41.3 Å². The number of imidazole rings is 1. The van der Waals surface area contributed by atoms with Gasteiger partial charge < -0.3 is 9.67 Å². The number of nitrogens with zero attached hydrogens (tertiary/aromatic N) is 3. The van der Waals surface area contributed by atoms with Gasteiger partial charge in [-0.05, 0) is 41.8 Å². The van der Waals surface area contributed by atoms with Crippen LogP contribution in [0.1, 0.15) is 23.6 Å². The van der Waals surface area contributed by atoms with Gasteiger partial charge in [-0.25, -0.2) is 9.37 Å². The van der Waals surface area contributed by atoms with Crippen molar-refractivity contribution in [1.82, 2.24) is 14.5 Å². The Bertz CT molecular complexity index is 859. The Morgan fingerprint density at radius 2 is 2.00 bits per heavy atom. The van der Waals surface area contributed by atoms with Crippen LogP contribution in [0.15, 0.2) is 48.8 Å². The summed E-state index contributed by atoms with van der Waals surface area (Å²) in [5.74, 6) is -0.232. The molecule has 1 N–H and O–H groups in total. The van der Waals surface area contributed by atoms with E-state index in [0.717, 1.165) is 23.1 Å². The summed E-state index contributed by atoms with van der Waals surface area (Å²) in [6.07, 6.45) is 2.14. The van der Waals surface area contributed by atoms with Crippen LogP contribution < -0.4 is 0 Å². The van der Waals surface area contributed by atoms with Crippen LogP contribution in [0.4, 0.5) is 4.39 Å². The standard InChI is InChI=1S/C19H20FN3O/c1-22-12-21-17-8-13(2-7-18(17)22)10-23-11-16(24)9-19(23)14-3-5-15(20)6-4-14/h2-8,12,16,19,24H,9-11H2,1H3. The first-order valence-electron chi connectivity index (χ1n) is 8.18. The van der Waals surface area contributed by atoms with Crippen molar-refractivity contribution in [2.24, 2.45) is 7.05 Å². The zero-order valence-electron chi connectivity index (χ0n) is 13.6. The van der Waals surface area contributed by atoms with Crippen LogP contribution in [0.5, 0.6) is 0 Å². The summed E-state index contributed by atoms with van der Waals surface area (Å²) < 4.78 is 15.2. The van der Waals surface area contributed by atoms with Gasteiger partial charge in [-0.2, -0.15) is 0 Å². The number of halogens is 1. The highest BCUT2D eigenvalue weighted by molar-refractivity contribution is 5.75. The van der Waals surface area contributed by atoms with Gasteiger partial charge >= 0.3 is 0 Å². The quantitative estimate of drug-likeness (QED) is 0.805. The molecule has 2 aromatic carbocycles. The second-order valence-electron chi connectivity index (χ2n) is 6.56. The van der Waals surface area contributed by atoms with Gasteiger partial charge in [0.15, 0.2) is 0 Å². The van der Waals surface area contributed by atoms with Crippen LogP contribution in [0.3, 0.4) is 0 Å². The van der Waals surface area contributed by atoms with Crippen LogP contribution in [0.2, 0.25) is 0 Å². The van der Waals surface area contributed by atoms with E-state index in [-0.39, 0.29) is 18.0 Å². The zero-order valence-corrected chi connectivity index (χ0v) is 13.6. The SMILES string of the molecule is Cn1cnc2cc(CN3CC(O)CC3c3ccc(F)cc3)ccc21. The largest absolute Gasteiger partial charge is 0.392 e. The van der Waals surface area contributed by atoms with Gasteiger partial charge in [0.05, 0.1) is 23.5 Å². The summed E-state index contributed by atoms with van der Waals surface area (Å²) in [5, 5.41) is 10.1. The first kappa shape index (κ1) is 15.3. The lowest BCUT2D eigenvalue weighted by molar-refractivity contribution is 0.172. The number of aliphatic hydroxyl groups is 1.